The number of hydrogen-bond donors (Lipinski definition) is 1. The molecular weight excluding hydrogens is 220 g/mol. The second-order valence-corrected chi connectivity index (χ2v) is 4.19. The number of aromatic hydroxyl groups is 1. The van der Waals surface area contributed by atoms with Crippen LogP contribution < -0.4 is 0 Å². The molecule has 0 unspecified atom stereocenters. The molecule has 2 rings (SSSR count). The zero-order valence-corrected chi connectivity index (χ0v) is 9.11. The molecule has 0 aliphatic carbocycles. The third-order valence-corrected chi connectivity index (χ3v) is 2.89. The van der Waals surface area contributed by atoms with Gasteiger partial charge < -0.3 is 5.11 Å². The average molecular weight is 228 g/mol. The van der Waals surface area contributed by atoms with E-state index in [1.807, 2.05) is 12.1 Å². The molecule has 0 bridgehead atoms. The molecule has 16 heavy (non-hydrogen) atoms. The summed E-state index contributed by atoms with van der Waals surface area (Å²) in [6, 6.07) is 12.7. The van der Waals surface area contributed by atoms with Crippen LogP contribution in [0.1, 0.15) is 5.56 Å². The Balaban J connectivity index is 2.15. The highest BCUT2D eigenvalue weighted by atomic mass is 32.2. The van der Waals surface area contributed by atoms with Crippen LogP contribution in [0.3, 0.4) is 0 Å². The van der Waals surface area contributed by atoms with Gasteiger partial charge >= 0.3 is 0 Å². The molecule has 0 saturated heterocycles. The molecule has 3 nitrogen and oxygen atoms in total. The van der Waals surface area contributed by atoms with Crippen LogP contribution in [0.25, 0.3) is 0 Å². The summed E-state index contributed by atoms with van der Waals surface area (Å²) in [6.07, 6.45) is 1.41. The molecule has 0 aliphatic heterocycles. The lowest BCUT2D eigenvalue weighted by atomic mass is 10.2. The molecule has 1 aromatic carbocycles. The van der Waals surface area contributed by atoms with Gasteiger partial charge in [-0.25, -0.2) is 4.98 Å². The van der Waals surface area contributed by atoms with Gasteiger partial charge in [-0.3, -0.25) is 0 Å². The van der Waals surface area contributed by atoms with Crippen LogP contribution in [0.5, 0.6) is 5.75 Å². The number of aromatic nitrogens is 1. The van der Waals surface area contributed by atoms with E-state index < -0.39 is 0 Å². The number of nitrogens with zero attached hydrogens (tertiary/aromatic N) is 2. The molecular formula is C12H8N2OS. The van der Waals surface area contributed by atoms with Crippen molar-refractivity contribution in [1.82, 2.24) is 4.98 Å². The van der Waals surface area contributed by atoms with E-state index in [-0.39, 0.29) is 5.75 Å². The lowest BCUT2D eigenvalue weighted by molar-refractivity contribution is 0.471. The Morgan fingerprint density at radius 1 is 1.12 bits per heavy atom. The summed E-state index contributed by atoms with van der Waals surface area (Å²) in [5.74, 6) is 0.157. The predicted molar refractivity (Wildman–Crippen MR) is 61.2 cm³/mol. The highest BCUT2D eigenvalue weighted by Gasteiger charge is 1.99. The van der Waals surface area contributed by atoms with Crippen LogP contribution >= 0.6 is 11.8 Å². The van der Waals surface area contributed by atoms with Gasteiger partial charge in [-0.05, 0) is 36.4 Å². The van der Waals surface area contributed by atoms with E-state index in [9.17, 15) is 0 Å². The van der Waals surface area contributed by atoms with Crippen LogP contribution in [0.15, 0.2) is 52.5 Å². The van der Waals surface area contributed by atoms with E-state index >= 15 is 0 Å². The molecule has 0 amide bonds. The minimum atomic E-state index is 0.157. The summed E-state index contributed by atoms with van der Waals surface area (Å²) >= 11 is 1.48. The van der Waals surface area contributed by atoms with Gasteiger partial charge in [0.1, 0.15) is 10.8 Å². The van der Waals surface area contributed by atoms with Crippen molar-refractivity contribution in [2.75, 3.05) is 0 Å². The fourth-order valence-electron chi connectivity index (χ4n) is 1.15. The van der Waals surface area contributed by atoms with E-state index in [1.54, 1.807) is 24.3 Å². The Labute approximate surface area is 97.4 Å². The monoisotopic (exact) mass is 228 g/mol. The first kappa shape index (κ1) is 10.5. The van der Waals surface area contributed by atoms with Crippen molar-refractivity contribution >= 4 is 11.8 Å². The van der Waals surface area contributed by atoms with Crippen molar-refractivity contribution in [3.63, 3.8) is 0 Å². The van der Waals surface area contributed by atoms with Gasteiger partial charge in [0.2, 0.25) is 0 Å². The minimum absolute atomic E-state index is 0.157. The summed E-state index contributed by atoms with van der Waals surface area (Å²) < 4.78 is 0. The largest absolute Gasteiger partial charge is 0.506 e. The van der Waals surface area contributed by atoms with Crippen LogP contribution in [-0.4, -0.2) is 10.1 Å². The van der Waals surface area contributed by atoms with Crippen LogP contribution in [0.2, 0.25) is 0 Å². The maximum Gasteiger partial charge on any atom is 0.133 e. The SMILES string of the molecule is N#Cc1ccc(Sc2ccc(O)cn2)cc1. The Kier molecular flexibility index (Phi) is 3.08. The topological polar surface area (TPSA) is 56.9 Å². The Hall–Kier alpha value is -1.99. The summed E-state index contributed by atoms with van der Waals surface area (Å²) in [7, 11) is 0. The van der Waals surface area contributed by atoms with Gasteiger partial charge in [0.25, 0.3) is 0 Å². The van der Waals surface area contributed by atoms with Gasteiger partial charge in [-0.15, -0.1) is 0 Å². The number of benzene rings is 1. The predicted octanol–water partition coefficient (Wildman–Crippen LogP) is 2.81. The molecule has 0 aliphatic rings. The standard InChI is InChI=1S/C12H8N2OS/c13-7-9-1-4-11(5-2-9)16-12-6-3-10(15)8-14-12/h1-6,8,15H. The molecule has 0 radical (unpaired) electrons. The summed E-state index contributed by atoms with van der Waals surface area (Å²) in [4.78, 5) is 5.08. The lowest BCUT2D eigenvalue weighted by Gasteiger charge is -2.00. The third kappa shape index (κ3) is 2.53. The van der Waals surface area contributed by atoms with E-state index in [4.69, 9.17) is 10.4 Å². The summed E-state index contributed by atoms with van der Waals surface area (Å²) in [5.41, 5.74) is 0.642. The molecule has 1 aromatic heterocycles. The first-order chi connectivity index (χ1) is 7.78. The number of nitriles is 1. The Morgan fingerprint density at radius 3 is 2.44 bits per heavy atom. The van der Waals surface area contributed by atoms with Gasteiger partial charge in [-0.1, -0.05) is 11.8 Å². The molecule has 0 saturated carbocycles. The van der Waals surface area contributed by atoms with Crippen molar-refractivity contribution in [3.8, 4) is 11.8 Å². The second kappa shape index (κ2) is 4.69. The molecule has 0 spiro atoms. The normalized spacial score (nSPS) is 9.69. The van der Waals surface area contributed by atoms with Crippen molar-refractivity contribution in [2.45, 2.75) is 9.92 Å². The molecule has 78 valence electrons. The van der Waals surface area contributed by atoms with Crippen molar-refractivity contribution in [2.24, 2.45) is 0 Å². The van der Waals surface area contributed by atoms with Gasteiger partial charge in [0.05, 0.1) is 17.8 Å². The molecule has 1 N–H and O–H groups in total. The molecule has 2 aromatic rings. The van der Waals surface area contributed by atoms with E-state index in [1.165, 1.54) is 18.0 Å². The second-order valence-electron chi connectivity index (χ2n) is 3.09. The van der Waals surface area contributed by atoms with Crippen molar-refractivity contribution in [3.05, 3.63) is 48.2 Å². The average Bonchev–Trinajstić information content (AvgIpc) is 2.33. The van der Waals surface area contributed by atoms with E-state index in [0.29, 0.717) is 5.56 Å². The maximum atomic E-state index is 9.08. The highest BCUT2D eigenvalue weighted by molar-refractivity contribution is 7.99. The molecule has 0 fully saturated rings. The summed E-state index contributed by atoms with van der Waals surface area (Å²) in [5, 5.41) is 18.5. The zero-order chi connectivity index (χ0) is 11.4. The Morgan fingerprint density at radius 2 is 1.88 bits per heavy atom. The van der Waals surface area contributed by atoms with Crippen LogP contribution in [0.4, 0.5) is 0 Å². The van der Waals surface area contributed by atoms with Crippen LogP contribution in [0, 0.1) is 11.3 Å². The van der Waals surface area contributed by atoms with Crippen molar-refractivity contribution in [1.29, 1.82) is 5.26 Å². The fraction of sp³-hybridized carbons (Fsp3) is 0. The van der Waals surface area contributed by atoms with E-state index in [0.717, 1.165) is 9.92 Å². The third-order valence-electron chi connectivity index (χ3n) is 1.93. The van der Waals surface area contributed by atoms with Crippen LogP contribution in [-0.2, 0) is 0 Å². The smallest absolute Gasteiger partial charge is 0.133 e. The fourth-order valence-corrected chi connectivity index (χ4v) is 1.91. The van der Waals surface area contributed by atoms with Crippen molar-refractivity contribution < 1.29 is 5.11 Å². The molecule has 4 heteroatoms. The number of hydrogen-bond acceptors (Lipinski definition) is 4. The van der Waals surface area contributed by atoms with Gasteiger partial charge in [-0.2, -0.15) is 5.26 Å². The number of rotatable bonds is 2. The number of pyridine rings is 1. The first-order valence-corrected chi connectivity index (χ1v) is 5.42. The van der Waals surface area contributed by atoms with Gasteiger partial charge in [0, 0.05) is 4.90 Å². The van der Waals surface area contributed by atoms with Gasteiger partial charge in [0.15, 0.2) is 0 Å². The summed E-state index contributed by atoms with van der Waals surface area (Å²) in [6.45, 7) is 0. The quantitative estimate of drug-likeness (QED) is 0.858. The minimum Gasteiger partial charge on any atom is -0.506 e. The first-order valence-electron chi connectivity index (χ1n) is 4.61. The van der Waals surface area contributed by atoms with E-state index in [2.05, 4.69) is 11.1 Å². The highest BCUT2D eigenvalue weighted by Crippen LogP contribution is 2.26. The molecule has 0 atom stereocenters. The lowest BCUT2D eigenvalue weighted by Crippen LogP contribution is -1.79. The molecule has 1 heterocycles. The Bertz CT molecular complexity index is 514. The zero-order valence-electron chi connectivity index (χ0n) is 8.29. The maximum absolute atomic E-state index is 9.08.